The Bertz CT molecular complexity index is 337. The topological polar surface area (TPSA) is 38.0 Å². The zero-order chi connectivity index (χ0) is 11.6. The predicted molar refractivity (Wildman–Crippen MR) is 66.9 cm³/mol. The minimum atomic E-state index is 0.121. The van der Waals surface area contributed by atoms with Crippen LogP contribution in [0.2, 0.25) is 0 Å². The van der Waals surface area contributed by atoms with Crippen molar-refractivity contribution in [3.8, 4) is 0 Å². The van der Waals surface area contributed by atoms with Crippen molar-refractivity contribution in [3.05, 3.63) is 29.3 Å². The Morgan fingerprint density at radius 2 is 1.87 bits per heavy atom. The highest BCUT2D eigenvalue weighted by molar-refractivity contribution is 5.45. The summed E-state index contributed by atoms with van der Waals surface area (Å²) in [6.45, 7) is 10.8. The number of benzene rings is 1. The number of rotatable bonds is 2. The molecule has 0 radical (unpaired) electrons. The third kappa shape index (κ3) is 3.56. The first-order valence-corrected chi connectivity index (χ1v) is 5.43. The van der Waals surface area contributed by atoms with E-state index in [0.717, 1.165) is 5.69 Å². The van der Waals surface area contributed by atoms with Gasteiger partial charge in [0.2, 0.25) is 0 Å². The Balaban J connectivity index is 2.90. The molecule has 0 aliphatic rings. The van der Waals surface area contributed by atoms with E-state index in [0.29, 0.717) is 6.04 Å². The molecule has 1 aromatic rings. The van der Waals surface area contributed by atoms with Crippen LogP contribution in [0.5, 0.6) is 0 Å². The van der Waals surface area contributed by atoms with Gasteiger partial charge in [-0.1, -0.05) is 6.07 Å². The van der Waals surface area contributed by atoms with Crippen LogP contribution in [0.25, 0.3) is 0 Å². The lowest BCUT2D eigenvalue weighted by Crippen LogP contribution is -2.37. The van der Waals surface area contributed by atoms with Gasteiger partial charge in [0.05, 0.1) is 0 Å². The Morgan fingerprint density at radius 1 is 1.27 bits per heavy atom. The average Bonchev–Trinajstić information content (AvgIpc) is 2.06. The Labute approximate surface area is 92.9 Å². The summed E-state index contributed by atoms with van der Waals surface area (Å²) in [5.74, 6) is 0. The van der Waals surface area contributed by atoms with Crippen molar-refractivity contribution >= 4 is 5.69 Å². The van der Waals surface area contributed by atoms with Crippen molar-refractivity contribution in [3.63, 3.8) is 0 Å². The first-order chi connectivity index (χ1) is 6.79. The molecule has 2 nitrogen and oxygen atoms in total. The number of hydrogen-bond donors (Lipinski definition) is 2. The Kier molecular flexibility index (Phi) is 3.40. The summed E-state index contributed by atoms with van der Waals surface area (Å²) in [6, 6.07) is 6.40. The summed E-state index contributed by atoms with van der Waals surface area (Å²) in [5, 5.41) is 3.55. The number of nitrogens with one attached hydrogen (secondary N) is 1. The van der Waals surface area contributed by atoms with E-state index in [1.165, 1.54) is 11.1 Å². The molecule has 1 rings (SSSR count). The summed E-state index contributed by atoms with van der Waals surface area (Å²) < 4.78 is 0. The maximum atomic E-state index is 5.80. The van der Waals surface area contributed by atoms with E-state index in [2.05, 4.69) is 52.1 Å². The minimum absolute atomic E-state index is 0.121. The van der Waals surface area contributed by atoms with Crippen molar-refractivity contribution in [2.75, 3.05) is 5.73 Å². The van der Waals surface area contributed by atoms with Gasteiger partial charge in [-0.05, 0) is 57.9 Å². The zero-order valence-electron chi connectivity index (χ0n) is 10.4. The lowest BCUT2D eigenvalue weighted by Gasteiger charge is -2.27. The van der Waals surface area contributed by atoms with Crippen LogP contribution in [0.15, 0.2) is 18.2 Å². The molecule has 3 N–H and O–H groups in total. The van der Waals surface area contributed by atoms with Gasteiger partial charge < -0.3 is 11.1 Å². The fraction of sp³-hybridized carbons (Fsp3) is 0.538. The molecule has 0 aliphatic carbocycles. The SMILES string of the molecule is Cc1ccc(N)cc1C(C)NC(C)(C)C. The number of nitrogens with two attached hydrogens (primary N) is 1. The molecule has 0 spiro atoms. The van der Waals surface area contributed by atoms with Crippen LogP contribution in [0, 0.1) is 6.92 Å². The monoisotopic (exact) mass is 206 g/mol. The highest BCUT2D eigenvalue weighted by atomic mass is 15.0. The lowest BCUT2D eigenvalue weighted by molar-refractivity contribution is 0.377. The lowest BCUT2D eigenvalue weighted by atomic mass is 9.98. The van der Waals surface area contributed by atoms with E-state index in [9.17, 15) is 0 Å². The third-order valence-corrected chi connectivity index (χ3v) is 2.42. The van der Waals surface area contributed by atoms with Crippen LogP contribution < -0.4 is 11.1 Å². The first-order valence-electron chi connectivity index (χ1n) is 5.43. The molecule has 2 heteroatoms. The van der Waals surface area contributed by atoms with Crippen molar-refractivity contribution in [1.29, 1.82) is 0 Å². The molecule has 0 heterocycles. The van der Waals surface area contributed by atoms with E-state index in [-0.39, 0.29) is 5.54 Å². The standard InChI is InChI=1S/C13H22N2/c1-9-6-7-11(14)8-12(9)10(2)15-13(3,4)5/h6-8,10,15H,14H2,1-5H3. The highest BCUT2D eigenvalue weighted by Crippen LogP contribution is 2.22. The molecule has 0 amide bonds. The molecule has 0 bridgehead atoms. The smallest absolute Gasteiger partial charge is 0.0317 e. The Hall–Kier alpha value is -1.02. The van der Waals surface area contributed by atoms with Crippen LogP contribution in [-0.4, -0.2) is 5.54 Å². The number of nitrogen functional groups attached to an aromatic ring is 1. The van der Waals surface area contributed by atoms with Gasteiger partial charge in [-0.3, -0.25) is 0 Å². The van der Waals surface area contributed by atoms with Crippen molar-refractivity contribution in [2.24, 2.45) is 0 Å². The largest absolute Gasteiger partial charge is 0.399 e. The maximum Gasteiger partial charge on any atom is 0.0317 e. The second kappa shape index (κ2) is 4.23. The summed E-state index contributed by atoms with van der Waals surface area (Å²) >= 11 is 0. The summed E-state index contributed by atoms with van der Waals surface area (Å²) in [6.07, 6.45) is 0. The number of aryl methyl sites for hydroxylation is 1. The molecule has 0 aliphatic heterocycles. The van der Waals surface area contributed by atoms with Crippen LogP contribution in [-0.2, 0) is 0 Å². The maximum absolute atomic E-state index is 5.80. The molecular formula is C13H22N2. The van der Waals surface area contributed by atoms with Crippen LogP contribution >= 0.6 is 0 Å². The molecule has 1 aromatic carbocycles. The zero-order valence-corrected chi connectivity index (χ0v) is 10.4. The van der Waals surface area contributed by atoms with E-state index in [4.69, 9.17) is 5.73 Å². The molecule has 0 saturated carbocycles. The second-order valence-corrected chi connectivity index (χ2v) is 5.23. The fourth-order valence-electron chi connectivity index (χ4n) is 1.85. The predicted octanol–water partition coefficient (Wildman–Crippen LogP) is 3.03. The van der Waals surface area contributed by atoms with Crippen LogP contribution in [0.1, 0.15) is 44.9 Å². The van der Waals surface area contributed by atoms with Gasteiger partial charge in [0, 0.05) is 17.3 Å². The van der Waals surface area contributed by atoms with Gasteiger partial charge in [0.25, 0.3) is 0 Å². The molecule has 1 unspecified atom stereocenters. The van der Waals surface area contributed by atoms with Crippen molar-refractivity contribution in [2.45, 2.75) is 46.2 Å². The number of hydrogen-bond acceptors (Lipinski definition) is 2. The molecule has 0 fully saturated rings. The van der Waals surface area contributed by atoms with Crippen molar-refractivity contribution in [1.82, 2.24) is 5.32 Å². The van der Waals surface area contributed by atoms with Gasteiger partial charge in [-0.2, -0.15) is 0 Å². The van der Waals surface area contributed by atoms with Gasteiger partial charge in [-0.25, -0.2) is 0 Å². The van der Waals surface area contributed by atoms with Crippen LogP contribution in [0.4, 0.5) is 5.69 Å². The highest BCUT2D eigenvalue weighted by Gasteiger charge is 2.16. The van der Waals surface area contributed by atoms with E-state index in [1.807, 2.05) is 6.07 Å². The van der Waals surface area contributed by atoms with E-state index >= 15 is 0 Å². The van der Waals surface area contributed by atoms with E-state index in [1.54, 1.807) is 0 Å². The molecule has 84 valence electrons. The van der Waals surface area contributed by atoms with Gasteiger partial charge in [-0.15, -0.1) is 0 Å². The normalized spacial score (nSPS) is 13.9. The van der Waals surface area contributed by atoms with Crippen molar-refractivity contribution < 1.29 is 0 Å². The quantitative estimate of drug-likeness (QED) is 0.730. The van der Waals surface area contributed by atoms with Gasteiger partial charge in [0.15, 0.2) is 0 Å². The third-order valence-electron chi connectivity index (χ3n) is 2.42. The summed E-state index contributed by atoms with van der Waals surface area (Å²) in [4.78, 5) is 0. The molecule has 1 atom stereocenters. The first kappa shape index (κ1) is 12.1. The second-order valence-electron chi connectivity index (χ2n) is 5.23. The molecule has 0 saturated heterocycles. The summed E-state index contributed by atoms with van der Waals surface area (Å²) in [7, 11) is 0. The fourth-order valence-corrected chi connectivity index (χ4v) is 1.85. The Morgan fingerprint density at radius 3 is 2.40 bits per heavy atom. The summed E-state index contributed by atoms with van der Waals surface area (Å²) in [5.41, 5.74) is 9.32. The molecular weight excluding hydrogens is 184 g/mol. The van der Waals surface area contributed by atoms with E-state index < -0.39 is 0 Å². The van der Waals surface area contributed by atoms with Gasteiger partial charge >= 0.3 is 0 Å². The molecule has 0 aromatic heterocycles. The van der Waals surface area contributed by atoms with Gasteiger partial charge in [0.1, 0.15) is 0 Å². The molecule has 15 heavy (non-hydrogen) atoms. The average molecular weight is 206 g/mol. The van der Waals surface area contributed by atoms with Crippen LogP contribution in [0.3, 0.4) is 0 Å². The minimum Gasteiger partial charge on any atom is -0.399 e. The number of anilines is 1.